The number of hydrogen-bond donors (Lipinski definition) is 1. The third-order valence-corrected chi connectivity index (χ3v) is 5.67. The molecule has 0 aromatic heterocycles. The third-order valence-electron chi connectivity index (χ3n) is 5.67. The van der Waals surface area contributed by atoms with Gasteiger partial charge in [-0.05, 0) is 36.8 Å². The molecule has 2 heterocycles. The molecule has 4 rings (SSSR count). The fraction of sp³-hybridized carbons (Fsp3) is 0.348. The minimum absolute atomic E-state index is 0.0891. The molecular weight excluding hydrogens is 396 g/mol. The summed E-state index contributed by atoms with van der Waals surface area (Å²) in [5.41, 5.74) is 1.78. The molecular formula is C23H26N4O4. The quantitative estimate of drug-likeness (QED) is 0.819. The number of amides is 4. The van der Waals surface area contributed by atoms with Crippen molar-refractivity contribution in [2.24, 2.45) is 0 Å². The van der Waals surface area contributed by atoms with Crippen LogP contribution in [0.4, 0.5) is 10.5 Å². The number of anilines is 1. The molecule has 2 aliphatic heterocycles. The zero-order valence-corrected chi connectivity index (χ0v) is 17.5. The molecule has 0 radical (unpaired) electrons. The number of methoxy groups -OCH3 is 1. The summed E-state index contributed by atoms with van der Waals surface area (Å²) < 4.78 is 5.32. The Balaban J connectivity index is 1.45. The molecule has 2 aromatic rings. The Morgan fingerprint density at radius 1 is 0.903 bits per heavy atom. The van der Waals surface area contributed by atoms with Crippen LogP contribution >= 0.6 is 0 Å². The van der Waals surface area contributed by atoms with E-state index < -0.39 is 0 Å². The number of hydrogen-bond acceptors (Lipinski definition) is 4. The van der Waals surface area contributed by atoms with Crippen molar-refractivity contribution in [2.75, 3.05) is 51.3 Å². The number of nitrogens with zero attached hydrogens (tertiary/aromatic N) is 3. The Bertz CT molecular complexity index is 993. The maximum atomic E-state index is 13.1. The highest BCUT2D eigenvalue weighted by molar-refractivity contribution is 5.99. The Morgan fingerprint density at radius 3 is 2.35 bits per heavy atom. The molecule has 0 spiro atoms. The van der Waals surface area contributed by atoms with E-state index in [1.165, 1.54) is 0 Å². The number of benzene rings is 2. The largest absolute Gasteiger partial charge is 0.496 e. The third kappa shape index (κ3) is 4.33. The lowest BCUT2D eigenvalue weighted by molar-refractivity contribution is 0.0717. The van der Waals surface area contributed by atoms with Crippen molar-refractivity contribution in [2.45, 2.75) is 6.42 Å². The van der Waals surface area contributed by atoms with Crippen molar-refractivity contribution in [1.82, 2.24) is 15.1 Å². The topological polar surface area (TPSA) is 82.2 Å². The molecule has 0 bridgehead atoms. The Kier molecular flexibility index (Phi) is 6.06. The molecule has 0 unspecified atom stereocenters. The van der Waals surface area contributed by atoms with E-state index in [9.17, 15) is 14.4 Å². The van der Waals surface area contributed by atoms with E-state index in [1.54, 1.807) is 52.1 Å². The molecule has 2 fully saturated rings. The lowest BCUT2D eigenvalue weighted by atomic mass is 10.1. The predicted molar refractivity (Wildman–Crippen MR) is 117 cm³/mol. The van der Waals surface area contributed by atoms with Crippen molar-refractivity contribution in [1.29, 1.82) is 0 Å². The van der Waals surface area contributed by atoms with Crippen LogP contribution in [0, 0.1) is 0 Å². The highest BCUT2D eigenvalue weighted by Crippen LogP contribution is 2.22. The molecule has 1 N–H and O–H groups in total. The van der Waals surface area contributed by atoms with Crippen LogP contribution in [0.5, 0.6) is 5.75 Å². The van der Waals surface area contributed by atoms with Crippen LogP contribution in [0.1, 0.15) is 27.1 Å². The second-order valence-electron chi connectivity index (χ2n) is 7.57. The molecule has 0 saturated carbocycles. The van der Waals surface area contributed by atoms with Crippen LogP contribution in [0.15, 0.2) is 48.5 Å². The van der Waals surface area contributed by atoms with Crippen LogP contribution in [0.2, 0.25) is 0 Å². The maximum absolute atomic E-state index is 13.1. The summed E-state index contributed by atoms with van der Waals surface area (Å²) in [5, 5.41) is 2.77. The normalized spacial score (nSPS) is 16.7. The minimum Gasteiger partial charge on any atom is -0.496 e. The monoisotopic (exact) mass is 422 g/mol. The Hall–Kier alpha value is -3.55. The van der Waals surface area contributed by atoms with Crippen molar-refractivity contribution in [3.8, 4) is 5.75 Å². The van der Waals surface area contributed by atoms with Crippen molar-refractivity contribution in [3.63, 3.8) is 0 Å². The summed E-state index contributed by atoms with van der Waals surface area (Å²) in [4.78, 5) is 43.3. The number of urea groups is 1. The Labute approximate surface area is 181 Å². The number of para-hydroxylation sites is 1. The van der Waals surface area contributed by atoms with Gasteiger partial charge in [-0.3, -0.25) is 14.5 Å². The summed E-state index contributed by atoms with van der Waals surface area (Å²) in [6.45, 7) is 3.24. The van der Waals surface area contributed by atoms with Crippen LogP contribution in [-0.2, 0) is 0 Å². The zero-order chi connectivity index (χ0) is 21.8. The van der Waals surface area contributed by atoms with E-state index in [0.29, 0.717) is 68.3 Å². The van der Waals surface area contributed by atoms with Crippen molar-refractivity contribution < 1.29 is 19.1 Å². The van der Waals surface area contributed by atoms with Gasteiger partial charge in [0.2, 0.25) is 0 Å². The highest BCUT2D eigenvalue weighted by atomic mass is 16.5. The first-order valence-electron chi connectivity index (χ1n) is 10.5. The van der Waals surface area contributed by atoms with Crippen molar-refractivity contribution >= 4 is 23.5 Å². The lowest BCUT2D eigenvalue weighted by Gasteiger charge is -2.23. The van der Waals surface area contributed by atoms with Crippen molar-refractivity contribution in [3.05, 3.63) is 59.7 Å². The van der Waals surface area contributed by atoms with Gasteiger partial charge in [-0.15, -0.1) is 0 Å². The molecule has 0 atom stereocenters. The SMILES string of the molecule is COc1ccccc1C(=O)N1CCCN(C(=O)c2cccc(N3CCNC3=O)c2)CC1. The number of ether oxygens (including phenoxy) is 1. The molecule has 2 saturated heterocycles. The molecule has 2 aromatic carbocycles. The van der Waals surface area contributed by atoms with Crippen LogP contribution in [0.3, 0.4) is 0 Å². The summed E-state index contributed by atoms with van der Waals surface area (Å²) in [5.74, 6) is 0.370. The van der Waals surface area contributed by atoms with Gasteiger partial charge in [-0.1, -0.05) is 18.2 Å². The number of rotatable bonds is 4. The van der Waals surface area contributed by atoms with Crippen LogP contribution < -0.4 is 15.0 Å². The first kappa shape index (κ1) is 20.7. The second kappa shape index (κ2) is 9.07. The lowest BCUT2D eigenvalue weighted by Crippen LogP contribution is -2.37. The summed E-state index contributed by atoms with van der Waals surface area (Å²) >= 11 is 0. The maximum Gasteiger partial charge on any atom is 0.321 e. The van der Waals surface area contributed by atoms with E-state index in [2.05, 4.69) is 5.32 Å². The average molecular weight is 422 g/mol. The van der Waals surface area contributed by atoms with Gasteiger partial charge < -0.3 is 19.9 Å². The molecule has 0 aliphatic carbocycles. The summed E-state index contributed by atoms with van der Waals surface area (Å²) in [6.07, 6.45) is 0.695. The van der Waals surface area contributed by atoms with Gasteiger partial charge in [0.25, 0.3) is 11.8 Å². The van der Waals surface area contributed by atoms with E-state index in [-0.39, 0.29) is 17.8 Å². The fourth-order valence-corrected chi connectivity index (χ4v) is 4.02. The molecule has 8 nitrogen and oxygen atoms in total. The van der Waals surface area contributed by atoms with Gasteiger partial charge in [0.15, 0.2) is 0 Å². The molecule has 31 heavy (non-hydrogen) atoms. The first-order chi connectivity index (χ1) is 15.1. The highest BCUT2D eigenvalue weighted by Gasteiger charge is 2.26. The Morgan fingerprint density at radius 2 is 1.65 bits per heavy atom. The first-order valence-corrected chi connectivity index (χ1v) is 10.5. The predicted octanol–water partition coefficient (Wildman–Crippen LogP) is 2.21. The van der Waals surface area contributed by atoms with Gasteiger partial charge in [-0.25, -0.2) is 4.79 Å². The fourth-order valence-electron chi connectivity index (χ4n) is 4.02. The summed E-state index contributed by atoms with van der Waals surface area (Å²) in [7, 11) is 1.55. The van der Waals surface area contributed by atoms with Crippen LogP contribution in [-0.4, -0.2) is 74.0 Å². The molecule has 2 aliphatic rings. The van der Waals surface area contributed by atoms with Crippen LogP contribution in [0.25, 0.3) is 0 Å². The number of nitrogens with one attached hydrogen (secondary N) is 1. The number of carbonyl (C=O) groups excluding carboxylic acids is 3. The van der Waals surface area contributed by atoms with E-state index in [0.717, 1.165) is 0 Å². The molecule has 8 heteroatoms. The smallest absolute Gasteiger partial charge is 0.321 e. The zero-order valence-electron chi connectivity index (χ0n) is 17.5. The average Bonchev–Trinajstić information content (AvgIpc) is 3.09. The minimum atomic E-state index is -0.148. The number of carbonyl (C=O) groups is 3. The molecule has 4 amide bonds. The van der Waals surface area contributed by atoms with Gasteiger partial charge in [0.05, 0.1) is 12.7 Å². The van der Waals surface area contributed by atoms with Gasteiger partial charge >= 0.3 is 6.03 Å². The molecule has 162 valence electrons. The van der Waals surface area contributed by atoms with Gasteiger partial charge in [0.1, 0.15) is 5.75 Å². The van der Waals surface area contributed by atoms with E-state index >= 15 is 0 Å². The van der Waals surface area contributed by atoms with E-state index in [4.69, 9.17) is 4.74 Å². The van der Waals surface area contributed by atoms with Gasteiger partial charge in [0, 0.05) is 50.5 Å². The standard InChI is InChI=1S/C23H26N4O4/c1-31-20-9-3-2-8-19(20)22(29)26-12-5-11-25(14-15-26)21(28)17-6-4-7-18(16-17)27-13-10-24-23(27)30/h2-4,6-9,16H,5,10-15H2,1H3,(H,24,30). The second-order valence-corrected chi connectivity index (χ2v) is 7.57. The summed E-state index contributed by atoms with van der Waals surface area (Å²) in [6, 6.07) is 14.2. The van der Waals surface area contributed by atoms with Gasteiger partial charge in [-0.2, -0.15) is 0 Å². The van der Waals surface area contributed by atoms with E-state index in [1.807, 2.05) is 18.2 Å².